The van der Waals surface area contributed by atoms with E-state index in [2.05, 4.69) is 47.6 Å². The van der Waals surface area contributed by atoms with Crippen LogP contribution in [0, 0.1) is 52.3 Å². The van der Waals surface area contributed by atoms with Gasteiger partial charge in [-0.1, -0.05) is 66.0 Å². The SMILES string of the molecule is CCC(CCC(C)[C@H]1CCC2C3CC=C4C[C@@H](OP(=O)(O)O)CC[C@]4(C)C3CC[C@@]21C)C(C)C. The summed E-state index contributed by atoms with van der Waals surface area (Å²) in [4.78, 5) is 18.6. The molecule has 4 rings (SSSR count). The molecule has 4 nitrogen and oxygen atoms in total. The summed E-state index contributed by atoms with van der Waals surface area (Å²) in [5, 5.41) is 0. The minimum atomic E-state index is -4.42. The van der Waals surface area contributed by atoms with Gasteiger partial charge in [0, 0.05) is 0 Å². The first-order valence-electron chi connectivity index (χ1n) is 14.3. The highest BCUT2D eigenvalue weighted by Crippen LogP contribution is 2.67. The van der Waals surface area contributed by atoms with Crippen molar-refractivity contribution in [2.24, 2.45) is 52.3 Å². The van der Waals surface area contributed by atoms with Gasteiger partial charge in [-0.15, -0.1) is 0 Å². The number of phosphoric acid groups is 1. The first-order chi connectivity index (χ1) is 15.9. The average Bonchev–Trinajstić information content (AvgIpc) is 3.10. The third kappa shape index (κ3) is 5.00. The maximum absolute atomic E-state index is 11.4. The molecule has 3 saturated carbocycles. The van der Waals surface area contributed by atoms with Gasteiger partial charge >= 0.3 is 7.82 Å². The van der Waals surface area contributed by atoms with Crippen LogP contribution in [-0.2, 0) is 9.09 Å². The van der Waals surface area contributed by atoms with E-state index < -0.39 is 7.82 Å². The minimum absolute atomic E-state index is 0.189. The van der Waals surface area contributed by atoms with Crippen molar-refractivity contribution in [3.05, 3.63) is 11.6 Å². The smallest absolute Gasteiger partial charge is 0.303 e. The Labute approximate surface area is 208 Å². The third-order valence-corrected chi connectivity index (χ3v) is 12.1. The average molecular weight is 495 g/mol. The van der Waals surface area contributed by atoms with Gasteiger partial charge in [-0.3, -0.25) is 4.52 Å². The molecule has 0 bridgehead atoms. The van der Waals surface area contributed by atoms with Gasteiger partial charge in [-0.25, -0.2) is 4.57 Å². The second kappa shape index (κ2) is 9.96. The summed E-state index contributed by atoms with van der Waals surface area (Å²) in [6, 6.07) is 0. The molecule has 0 aromatic heterocycles. The standard InChI is InChI=1S/C29H51O4P/c1-7-21(19(2)3)9-8-20(4)25-12-13-26-24-11-10-22-18-23(33-34(30,31)32)14-16-28(22,5)27(24)15-17-29(25,26)6/h10,19-21,23-27H,7-9,11-18H2,1-6H3,(H2,30,31,32)/t20?,21?,23-,24?,25+,26?,27?,28-,29+/m0/s1. The molecule has 4 aliphatic carbocycles. The van der Waals surface area contributed by atoms with E-state index in [1.54, 1.807) is 0 Å². The van der Waals surface area contributed by atoms with Crippen LogP contribution < -0.4 is 0 Å². The van der Waals surface area contributed by atoms with Gasteiger partial charge in [-0.2, -0.15) is 0 Å². The molecule has 3 fully saturated rings. The maximum Gasteiger partial charge on any atom is 0.469 e. The van der Waals surface area contributed by atoms with Gasteiger partial charge in [-0.05, 0) is 110 Å². The molecule has 0 aromatic carbocycles. The molecule has 0 heterocycles. The first kappa shape index (κ1) is 26.9. The van der Waals surface area contributed by atoms with Crippen LogP contribution in [0.2, 0.25) is 0 Å². The molecule has 0 spiro atoms. The fourth-order valence-corrected chi connectivity index (χ4v) is 10.1. The molecular weight excluding hydrogens is 443 g/mol. The van der Waals surface area contributed by atoms with Gasteiger partial charge < -0.3 is 9.79 Å². The van der Waals surface area contributed by atoms with E-state index in [0.29, 0.717) is 11.8 Å². The van der Waals surface area contributed by atoms with Crippen LogP contribution in [0.5, 0.6) is 0 Å². The van der Waals surface area contributed by atoms with Crippen molar-refractivity contribution in [3.63, 3.8) is 0 Å². The number of hydrogen-bond acceptors (Lipinski definition) is 2. The van der Waals surface area contributed by atoms with Crippen LogP contribution in [0.25, 0.3) is 0 Å². The van der Waals surface area contributed by atoms with Crippen molar-refractivity contribution in [3.8, 4) is 0 Å². The fraction of sp³-hybridized carbons (Fsp3) is 0.931. The molecule has 0 aliphatic heterocycles. The summed E-state index contributed by atoms with van der Waals surface area (Å²) in [7, 11) is -4.42. The minimum Gasteiger partial charge on any atom is -0.303 e. The normalized spacial score (nSPS) is 41.9. The number of phosphoric ester groups is 1. The summed E-state index contributed by atoms with van der Waals surface area (Å²) in [6.45, 7) is 14.8. The van der Waals surface area contributed by atoms with Crippen LogP contribution in [0.4, 0.5) is 0 Å². The Morgan fingerprint density at radius 3 is 2.44 bits per heavy atom. The lowest BCUT2D eigenvalue weighted by Crippen LogP contribution is -2.51. The lowest BCUT2D eigenvalue weighted by Gasteiger charge is -2.58. The zero-order valence-electron chi connectivity index (χ0n) is 22.6. The van der Waals surface area contributed by atoms with E-state index in [-0.39, 0.29) is 11.5 Å². The van der Waals surface area contributed by atoms with Gasteiger partial charge in [0.1, 0.15) is 0 Å². The van der Waals surface area contributed by atoms with Crippen molar-refractivity contribution in [1.82, 2.24) is 0 Å². The zero-order chi connectivity index (χ0) is 24.9. The van der Waals surface area contributed by atoms with Gasteiger partial charge in [0.05, 0.1) is 6.10 Å². The van der Waals surface area contributed by atoms with Crippen LogP contribution in [0.1, 0.15) is 112 Å². The maximum atomic E-state index is 11.4. The molecular formula is C29H51O4P. The number of fused-ring (bicyclic) bond motifs is 5. The molecule has 0 amide bonds. The lowest BCUT2D eigenvalue weighted by molar-refractivity contribution is -0.0572. The van der Waals surface area contributed by atoms with Crippen molar-refractivity contribution in [1.29, 1.82) is 0 Å². The number of hydrogen-bond donors (Lipinski definition) is 2. The zero-order valence-corrected chi connectivity index (χ0v) is 23.5. The van der Waals surface area contributed by atoms with Crippen LogP contribution in [0.3, 0.4) is 0 Å². The fourth-order valence-electron chi connectivity index (χ4n) is 9.57. The largest absolute Gasteiger partial charge is 0.469 e. The summed E-state index contributed by atoms with van der Waals surface area (Å²) in [5.41, 5.74) is 2.10. The first-order valence-corrected chi connectivity index (χ1v) is 15.9. The highest BCUT2D eigenvalue weighted by molar-refractivity contribution is 7.46. The molecule has 5 heteroatoms. The molecule has 196 valence electrons. The third-order valence-electron chi connectivity index (χ3n) is 11.6. The second-order valence-electron chi connectivity index (χ2n) is 13.4. The number of allylic oxidation sites excluding steroid dienone is 1. The molecule has 2 N–H and O–H groups in total. The number of rotatable bonds is 8. The Balaban J connectivity index is 1.45. The lowest BCUT2D eigenvalue weighted by atomic mass is 9.47. The van der Waals surface area contributed by atoms with Crippen LogP contribution >= 0.6 is 7.82 Å². The van der Waals surface area contributed by atoms with E-state index in [0.717, 1.165) is 60.7 Å². The van der Waals surface area contributed by atoms with E-state index in [4.69, 9.17) is 4.52 Å². The molecule has 34 heavy (non-hydrogen) atoms. The van der Waals surface area contributed by atoms with E-state index in [1.165, 1.54) is 50.5 Å². The second-order valence-corrected chi connectivity index (χ2v) is 14.6. The Hall–Kier alpha value is -0.150. The Morgan fingerprint density at radius 2 is 1.79 bits per heavy atom. The van der Waals surface area contributed by atoms with Gasteiger partial charge in [0.2, 0.25) is 0 Å². The quantitative estimate of drug-likeness (QED) is 0.264. The van der Waals surface area contributed by atoms with E-state index in [1.807, 2.05) is 0 Å². The molecule has 0 radical (unpaired) electrons. The Kier molecular flexibility index (Phi) is 7.88. The van der Waals surface area contributed by atoms with Crippen molar-refractivity contribution in [2.45, 2.75) is 118 Å². The summed E-state index contributed by atoms with van der Waals surface area (Å²) >= 11 is 0. The van der Waals surface area contributed by atoms with Crippen LogP contribution in [-0.4, -0.2) is 15.9 Å². The molecule has 0 aromatic rings. The molecule has 5 unspecified atom stereocenters. The predicted octanol–water partition coefficient (Wildman–Crippen LogP) is 8.14. The van der Waals surface area contributed by atoms with Crippen molar-refractivity contribution < 1.29 is 18.9 Å². The summed E-state index contributed by atoms with van der Waals surface area (Å²) in [6.07, 6.45) is 15.3. The predicted molar refractivity (Wildman–Crippen MR) is 139 cm³/mol. The topological polar surface area (TPSA) is 66.8 Å². The monoisotopic (exact) mass is 494 g/mol. The molecule has 9 atom stereocenters. The van der Waals surface area contributed by atoms with Gasteiger partial charge in [0.15, 0.2) is 0 Å². The van der Waals surface area contributed by atoms with Crippen molar-refractivity contribution in [2.75, 3.05) is 0 Å². The Morgan fingerprint density at radius 1 is 1.06 bits per heavy atom. The molecule has 4 aliphatic rings. The van der Waals surface area contributed by atoms with Crippen molar-refractivity contribution >= 4 is 7.82 Å². The highest BCUT2D eigenvalue weighted by atomic mass is 31.2. The highest BCUT2D eigenvalue weighted by Gasteiger charge is 2.59. The summed E-state index contributed by atoms with van der Waals surface area (Å²) < 4.78 is 16.5. The molecule has 0 saturated heterocycles. The van der Waals surface area contributed by atoms with Gasteiger partial charge in [0.25, 0.3) is 0 Å². The Bertz CT molecular complexity index is 802. The van der Waals surface area contributed by atoms with E-state index >= 15 is 0 Å². The summed E-state index contributed by atoms with van der Waals surface area (Å²) in [5.74, 6) is 5.70. The van der Waals surface area contributed by atoms with E-state index in [9.17, 15) is 14.4 Å². The van der Waals surface area contributed by atoms with Crippen LogP contribution in [0.15, 0.2) is 11.6 Å².